The molecular weight excluding hydrogens is 206 g/mol. The highest BCUT2D eigenvalue weighted by atomic mass is 32.1. The van der Waals surface area contributed by atoms with Crippen LogP contribution in [0.1, 0.15) is 31.6 Å². The van der Waals surface area contributed by atoms with E-state index in [-0.39, 0.29) is 11.8 Å². The predicted molar refractivity (Wildman–Crippen MR) is 65.1 cm³/mol. The molecule has 1 heterocycles. The lowest BCUT2D eigenvalue weighted by Crippen LogP contribution is -2.31. The Bertz CT molecular complexity index is 278. The van der Waals surface area contributed by atoms with Crippen molar-refractivity contribution in [2.45, 2.75) is 33.1 Å². The molecule has 3 heteroatoms. The van der Waals surface area contributed by atoms with E-state index in [0.29, 0.717) is 0 Å². The van der Waals surface area contributed by atoms with Crippen LogP contribution >= 0.6 is 11.3 Å². The summed E-state index contributed by atoms with van der Waals surface area (Å²) in [5, 5.41) is 5.06. The highest BCUT2D eigenvalue weighted by molar-refractivity contribution is 7.09. The van der Waals surface area contributed by atoms with Gasteiger partial charge in [-0.05, 0) is 30.7 Å². The van der Waals surface area contributed by atoms with E-state index < -0.39 is 0 Å². The summed E-state index contributed by atoms with van der Waals surface area (Å²) in [6.45, 7) is 4.88. The minimum absolute atomic E-state index is 0.188. The highest BCUT2D eigenvalue weighted by Gasteiger charge is 2.12. The molecule has 15 heavy (non-hydrogen) atoms. The van der Waals surface area contributed by atoms with E-state index in [4.69, 9.17) is 0 Å². The topological polar surface area (TPSA) is 29.1 Å². The average Bonchev–Trinajstić information content (AvgIpc) is 2.72. The summed E-state index contributed by atoms with van der Waals surface area (Å²) in [5.74, 6) is 0.393. The Morgan fingerprint density at radius 3 is 2.73 bits per heavy atom. The van der Waals surface area contributed by atoms with Gasteiger partial charge in [0.25, 0.3) is 0 Å². The number of carbonyl (C=O) groups is 1. The van der Waals surface area contributed by atoms with Crippen LogP contribution in [-0.2, 0) is 11.2 Å². The van der Waals surface area contributed by atoms with Gasteiger partial charge in [0.1, 0.15) is 0 Å². The molecule has 0 aliphatic carbocycles. The molecule has 0 radical (unpaired) electrons. The maximum atomic E-state index is 11.6. The Hall–Kier alpha value is -0.830. The van der Waals surface area contributed by atoms with Gasteiger partial charge in [-0.2, -0.15) is 0 Å². The maximum Gasteiger partial charge on any atom is 0.223 e. The van der Waals surface area contributed by atoms with Gasteiger partial charge >= 0.3 is 0 Å². The van der Waals surface area contributed by atoms with E-state index in [1.165, 1.54) is 4.88 Å². The van der Waals surface area contributed by atoms with Crippen molar-refractivity contribution in [2.75, 3.05) is 6.54 Å². The van der Waals surface area contributed by atoms with Crippen LogP contribution in [0.25, 0.3) is 0 Å². The molecular formula is C12H19NOS. The lowest BCUT2D eigenvalue weighted by Gasteiger charge is -2.12. The molecule has 0 spiro atoms. The molecule has 1 aromatic heterocycles. The summed E-state index contributed by atoms with van der Waals surface area (Å²) in [6.07, 6.45) is 2.81. The summed E-state index contributed by atoms with van der Waals surface area (Å²) < 4.78 is 0. The first-order chi connectivity index (χ1) is 7.27. The van der Waals surface area contributed by atoms with E-state index in [1.807, 2.05) is 6.07 Å². The van der Waals surface area contributed by atoms with Gasteiger partial charge in [-0.25, -0.2) is 0 Å². The van der Waals surface area contributed by atoms with Gasteiger partial charge in [0.2, 0.25) is 5.91 Å². The number of nitrogens with one attached hydrogen (secondary N) is 1. The maximum absolute atomic E-state index is 11.6. The van der Waals surface area contributed by atoms with Gasteiger partial charge in [-0.3, -0.25) is 4.79 Å². The molecule has 2 nitrogen and oxygen atoms in total. The molecule has 1 rings (SSSR count). The minimum atomic E-state index is 0.188. The molecule has 1 amide bonds. The van der Waals surface area contributed by atoms with E-state index in [1.54, 1.807) is 11.3 Å². The summed E-state index contributed by atoms with van der Waals surface area (Å²) >= 11 is 1.74. The number of carbonyl (C=O) groups excluding carboxylic acids is 1. The van der Waals surface area contributed by atoms with Gasteiger partial charge in [-0.1, -0.05) is 19.9 Å². The molecule has 0 unspecified atom stereocenters. The molecule has 0 saturated heterocycles. The van der Waals surface area contributed by atoms with Crippen LogP contribution < -0.4 is 5.32 Å². The SMILES string of the molecule is CCC(CC)C(=O)NCCc1cccs1. The first kappa shape index (κ1) is 12.2. The minimum Gasteiger partial charge on any atom is -0.356 e. The van der Waals surface area contributed by atoms with E-state index >= 15 is 0 Å². The monoisotopic (exact) mass is 225 g/mol. The van der Waals surface area contributed by atoms with Crippen molar-refractivity contribution in [2.24, 2.45) is 5.92 Å². The first-order valence-corrected chi connectivity index (χ1v) is 6.46. The zero-order valence-electron chi connectivity index (χ0n) is 9.45. The molecule has 84 valence electrons. The molecule has 0 bridgehead atoms. The van der Waals surface area contributed by atoms with Gasteiger partial charge in [0.05, 0.1) is 0 Å². The Balaban J connectivity index is 2.22. The van der Waals surface area contributed by atoms with E-state index in [0.717, 1.165) is 25.8 Å². The van der Waals surface area contributed by atoms with Crippen molar-refractivity contribution in [3.63, 3.8) is 0 Å². The van der Waals surface area contributed by atoms with Gasteiger partial charge in [-0.15, -0.1) is 11.3 Å². The molecule has 0 saturated carbocycles. The lowest BCUT2D eigenvalue weighted by atomic mass is 10.0. The molecule has 0 fully saturated rings. The van der Waals surface area contributed by atoms with Gasteiger partial charge in [0.15, 0.2) is 0 Å². The summed E-state index contributed by atoms with van der Waals surface area (Å²) in [4.78, 5) is 13.0. The Kier molecular flexibility index (Phi) is 5.40. The molecule has 1 aromatic rings. The summed E-state index contributed by atoms with van der Waals surface area (Å²) in [6, 6.07) is 4.15. The largest absolute Gasteiger partial charge is 0.356 e. The van der Waals surface area contributed by atoms with Crippen molar-refractivity contribution in [1.82, 2.24) is 5.32 Å². The average molecular weight is 225 g/mol. The Morgan fingerprint density at radius 2 is 2.20 bits per heavy atom. The fourth-order valence-electron chi connectivity index (χ4n) is 1.57. The number of thiophene rings is 1. The van der Waals surface area contributed by atoms with Crippen LogP contribution in [0.3, 0.4) is 0 Å². The molecule has 0 aliphatic rings. The van der Waals surface area contributed by atoms with Crippen molar-refractivity contribution >= 4 is 17.2 Å². The first-order valence-electron chi connectivity index (χ1n) is 5.58. The van der Waals surface area contributed by atoms with Crippen molar-refractivity contribution < 1.29 is 4.79 Å². The standard InChI is InChI=1S/C12H19NOS/c1-3-10(4-2)12(14)13-8-7-11-6-5-9-15-11/h5-6,9-10H,3-4,7-8H2,1-2H3,(H,13,14). The van der Waals surface area contributed by atoms with E-state index in [9.17, 15) is 4.79 Å². The van der Waals surface area contributed by atoms with Gasteiger partial charge in [0, 0.05) is 17.3 Å². The normalized spacial score (nSPS) is 10.6. The van der Waals surface area contributed by atoms with Crippen LogP contribution in [0.15, 0.2) is 17.5 Å². The van der Waals surface area contributed by atoms with Crippen LogP contribution in [0.4, 0.5) is 0 Å². The number of amides is 1. The second-order valence-corrected chi connectivity index (χ2v) is 4.67. The lowest BCUT2D eigenvalue weighted by molar-refractivity contribution is -0.125. The highest BCUT2D eigenvalue weighted by Crippen LogP contribution is 2.09. The van der Waals surface area contributed by atoms with E-state index in [2.05, 4.69) is 30.6 Å². The van der Waals surface area contributed by atoms with Crippen LogP contribution in [-0.4, -0.2) is 12.5 Å². The Morgan fingerprint density at radius 1 is 1.47 bits per heavy atom. The van der Waals surface area contributed by atoms with Crippen LogP contribution in [0.2, 0.25) is 0 Å². The fraction of sp³-hybridized carbons (Fsp3) is 0.583. The number of rotatable bonds is 6. The smallest absolute Gasteiger partial charge is 0.223 e. The van der Waals surface area contributed by atoms with Crippen molar-refractivity contribution in [1.29, 1.82) is 0 Å². The second kappa shape index (κ2) is 6.62. The quantitative estimate of drug-likeness (QED) is 0.792. The Labute approximate surface area is 95.7 Å². The molecule has 0 aliphatic heterocycles. The van der Waals surface area contributed by atoms with Crippen LogP contribution in [0.5, 0.6) is 0 Å². The zero-order valence-corrected chi connectivity index (χ0v) is 10.3. The summed E-state index contributed by atoms with van der Waals surface area (Å²) in [5.41, 5.74) is 0. The van der Waals surface area contributed by atoms with Crippen LogP contribution in [0, 0.1) is 5.92 Å². The number of hydrogen-bond acceptors (Lipinski definition) is 2. The van der Waals surface area contributed by atoms with Crippen molar-refractivity contribution in [3.05, 3.63) is 22.4 Å². The third-order valence-electron chi connectivity index (χ3n) is 2.61. The third-order valence-corrected chi connectivity index (χ3v) is 3.54. The third kappa shape index (κ3) is 4.04. The van der Waals surface area contributed by atoms with Gasteiger partial charge < -0.3 is 5.32 Å². The second-order valence-electron chi connectivity index (χ2n) is 3.63. The predicted octanol–water partition coefficient (Wildman–Crippen LogP) is 2.84. The number of hydrogen-bond donors (Lipinski definition) is 1. The molecule has 0 atom stereocenters. The fourth-order valence-corrected chi connectivity index (χ4v) is 2.28. The molecule has 1 N–H and O–H groups in total. The van der Waals surface area contributed by atoms with Crippen molar-refractivity contribution in [3.8, 4) is 0 Å². The summed E-state index contributed by atoms with van der Waals surface area (Å²) in [7, 11) is 0. The zero-order chi connectivity index (χ0) is 11.1. The molecule has 0 aromatic carbocycles.